The van der Waals surface area contributed by atoms with E-state index in [1.54, 1.807) is 11.8 Å². The van der Waals surface area contributed by atoms with Gasteiger partial charge >= 0.3 is 5.97 Å². The highest BCUT2D eigenvalue weighted by Crippen LogP contribution is 2.28. The van der Waals surface area contributed by atoms with Gasteiger partial charge in [0.25, 0.3) is 0 Å². The van der Waals surface area contributed by atoms with Crippen molar-refractivity contribution in [2.24, 2.45) is 0 Å². The highest BCUT2D eigenvalue weighted by molar-refractivity contribution is 7.99. The van der Waals surface area contributed by atoms with Gasteiger partial charge in [0.2, 0.25) is 0 Å². The van der Waals surface area contributed by atoms with Crippen LogP contribution in [0.4, 0.5) is 0 Å². The first-order valence-electron chi connectivity index (χ1n) is 6.68. The average molecular weight is 281 g/mol. The number of aliphatic carboxylic acids is 1. The number of carboxylic acids is 1. The number of rotatable bonds is 8. The van der Waals surface area contributed by atoms with Crippen molar-refractivity contribution >= 4 is 17.7 Å². The molecule has 0 fully saturated rings. The Morgan fingerprint density at radius 3 is 2.47 bits per heavy atom. The summed E-state index contributed by atoms with van der Waals surface area (Å²) in [6, 6.07) is 9.46. The fourth-order valence-corrected chi connectivity index (χ4v) is 3.01. The Morgan fingerprint density at radius 1 is 1.37 bits per heavy atom. The molecule has 3 nitrogen and oxygen atoms in total. The van der Waals surface area contributed by atoms with Crippen molar-refractivity contribution < 1.29 is 9.90 Å². The van der Waals surface area contributed by atoms with Gasteiger partial charge in [-0.15, -0.1) is 0 Å². The monoisotopic (exact) mass is 281 g/mol. The number of carbonyl (C=O) groups is 1. The van der Waals surface area contributed by atoms with Crippen LogP contribution in [0.25, 0.3) is 0 Å². The molecule has 0 aromatic heterocycles. The van der Waals surface area contributed by atoms with E-state index in [0.29, 0.717) is 18.2 Å². The molecular weight excluding hydrogens is 258 g/mol. The Balaban J connectivity index is 2.97. The zero-order valence-electron chi connectivity index (χ0n) is 11.8. The lowest BCUT2D eigenvalue weighted by molar-refractivity contribution is -0.145. The molecule has 1 unspecified atom stereocenters. The van der Waals surface area contributed by atoms with E-state index in [1.165, 1.54) is 0 Å². The van der Waals surface area contributed by atoms with Crippen LogP contribution in [0.15, 0.2) is 30.3 Å². The smallest absolute Gasteiger partial charge is 0.328 e. The summed E-state index contributed by atoms with van der Waals surface area (Å²) in [6.07, 6.45) is 0.586. The van der Waals surface area contributed by atoms with Gasteiger partial charge in [-0.1, -0.05) is 51.1 Å². The van der Waals surface area contributed by atoms with Crippen molar-refractivity contribution in [2.75, 3.05) is 12.3 Å². The molecule has 1 aromatic carbocycles. The number of carboxylic acid groups (broad SMARTS) is 1. The van der Waals surface area contributed by atoms with Gasteiger partial charge in [-0.25, -0.2) is 4.79 Å². The van der Waals surface area contributed by atoms with Crippen LogP contribution >= 0.6 is 11.8 Å². The largest absolute Gasteiger partial charge is 0.480 e. The quantitative estimate of drug-likeness (QED) is 0.768. The van der Waals surface area contributed by atoms with Crippen LogP contribution in [-0.2, 0) is 10.3 Å². The number of benzene rings is 1. The molecule has 0 saturated carbocycles. The molecule has 0 amide bonds. The van der Waals surface area contributed by atoms with Crippen molar-refractivity contribution in [3.8, 4) is 0 Å². The van der Waals surface area contributed by atoms with Crippen LogP contribution < -0.4 is 5.32 Å². The van der Waals surface area contributed by atoms with E-state index in [0.717, 1.165) is 11.3 Å². The summed E-state index contributed by atoms with van der Waals surface area (Å²) in [6.45, 7) is 6.83. The van der Waals surface area contributed by atoms with E-state index in [-0.39, 0.29) is 0 Å². The van der Waals surface area contributed by atoms with E-state index < -0.39 is 11.5 Å². The maximum atomic E-state index is 11.8. The van der Waals surface area contributed by atoms with Gasteiger partial charge in [-0.05, 0) is 29.5 Å². The molecule has 0 spiro atoms. The van der Waals surface area contributed by atoms with Crippen molar-refractivity contribution in [2.45, 2.75) is 38.0 Å². The van der Waals surface area contributed by atoms with Crippen LogP contribution in [0.5, 0.6) is 0 Å². The Bertz CT molecular complexity index is 394. The number of hydrogen-bond donors (Lipinski definition) is 2. The highest BCUT2D eigenvalue weighted by atomic mass is 32.2. The number of nitrogens with one attached hydrogen (secondary N) is 1. The van der Waals surface area contributed by atoms with Crippen molar-refractivity contribution in [3.63, 3.8) is 0 Å². The van der Waals surface area contributed by atoms with E-state index >= 15 is 0 Å². The molecule has 2 N–H and O–H groups in total. The second kappa shape index (κ2) is 7.56. The van der Waals surface area contributed by atoms with Gasteiger partial charge < -0.3 is 5.11 Å². The fraction of sp³-hybridized carbons (Fsp3) is 0.533. The van der Waals surface area contributed by atoms with Crippen LogP contribution in [0.1, 0.15) is 32.8 Å². The maximum Gasteiger partial charge on any atom is 0.328 e. The molecule has 1 rings (SSSR count). The topological polar surface area (TPSA) is 49.3 Å². The third-order valence-electron chi connectivity index (χ3n) is 3.04. The number of hydrogen-bond acceptors (Lipinski definition) is 3. The molecule has 0 radical (unpaired) electrons. The van der Waals surface area contributed by atoms with Crippen LogP contribution in [-0.4, -0.2) is 28.6 Å². The zero-order valence-corrected chi connectivity index (χ0v) is 12.7. The van der Waals surface area contributed by atoms with Gasteiger partial charge in [0.05, 0.1) is 0 Å². The number of likely N-dealkylation sites (N-methyl/N-ethyl adjacent to an activating group) is 1. The van der Waals surface area contributed by atoms with E-state index in [2.05, 4.69) is 19.2 Å². The maximum absolute atomic E-state index is 11.8. The molecule has 106 valence electrons. The highest BCUT2D eigenvalue weighted by Gasteiger charge is 2.38. The first-order chi connectivity index (χ1) is 9.03. The molecule has 0 saturated heterocycles. The van der Waals surface area contributed by atoms with Crippen molar-refractivity contribution in [1.29, 1.82) is 0 Å². The molecule has 1 atom stereocenters. The van der Waals surface area contributed by atoms with Gasteiger partial charge in [0.1, 0.15) is 5.54 Å². The van der Waals surface area contributed by atoms with Crippen LogP contribution in [0.3, 0.4) is 0 Å². The minimum Gasteiger partial charge on any atom is -0.480 e. The minimum absolute atomic E-state index is 0.517. The predicted molar refractivity (Wildman–Crippen MR) is 81.6 cm³/mol. The molecule has 19 heavy (non-hydrogen) atoms. The van der Waals surface area contributed by atoms with E-state index in [1.807, 2.05) is 37.3 Å². The van der Waals surface area contributed by atoms with Gasteiger partial charge in [0, 0.05) is 0 Å². The summed E-state index contributed by atoms with van der Waals surface area (Å²) in [7, 11) is 0. The summed E-state index contributed by atoms with van der Waals surface area (Å²) in [4.78, 5) is 11.8. The van der Waals surface area contributed by atoms with Gasteiger partial charge in [-0.3, -0.25) is 5.32 Å². The molecule has 0 aliphatic carbocycles. The lowest BCUT2D eigenvalue weighted by Crippen LogP contribution is -2.49. The minimum atomic E-state index is -0.974. The first-order valence-corrected chi connectivity index (χ1v) is 7.73. The zero-order chi connectivity index (χ0) is 14.3. The standard InChI is InChI=1S/C15H23NO2S/c1-4-16-15(14(17)18,10-11-19-12(2)3)13-8-6-5-7-9-13/h5-9,12,16H,4,10-11H2,1-3H3,(H,17,18). The molecule has 0 aliphatic rings. The fourth-order valence-electron chi connectivity index (χ4n) is 2.11. The summed E-state index contributed by atoms with van der Waals surface area (Å²) in [5, 5.41) is 13.4. The summed E-state index contributed by atoms with van der Waals surface area (Å²) < 4.78 is 0. The Kier molecular flexibility index (Phi) is 6.38. The summed E-state index contributed by atoms with van der Waals surface area (Å²) in [5.74, 6) is 0.0242. The molecular formula is C15H23NO2S. The van der Waals surface area contributed by atoms with Crippen LogP contribution in [0.2, 0.25) is 0 Å². The second-order valence-electron chi connectivity index (χ2n) is 4.78. The van der Waals surface area contributed by atoms with Gasteiger partial charge in [0.15, 0.2) is 0 Å². The Hall–Kier alpha value is -1.00. The SMILES string of the molecule is CCNC(CCSC(C)C)(C(=O)O)c1ccccc1. The Morgan fingerprint density at radius 2 is 2.00 bits per heavy atom. The Labute approximate surface area is 119 Å². The molecule has 0 bridgehead atoms. The van der Waals surface area contributed by atoms with Crippen LogP contribution in [0, 0.1) is 0 Å². The number of thioether (sulfide) groups is 1. The predicted octanol–water partition coefficient (Wildman–Crippen LogP) is 3.11. The average Bonchev–Trinajstić information content (AvgIpc) is 2.38. The third kappa shape index (κ3) is 4.25. The normalized spacial score (nSPS) is 14.3. The van der Waals surface area contributed by atoms with Crippen molar-refractivity contribution in [3.05, 3.63) is 35.9 Å². The van der Waals surface area contributed by atoms with Gasteiger partial charge in [-0.2, -0.15) is 11.8 Å². The lowest BCUT2D eigenvalue weighted by atomic mass is 9.87. The third-order valence-corrected chi connectivity index (χ3v) is 4.14. The van der Waals surface area contributed by atoms with E-state index in [9.17, 15) is 9.90 Å². The molecule has 0 heterocycles. The molecule has 1 aromatic rings. The summed E-state index contributed by atoms with van der Waals surface area (Å²) >= 11 is 1.79. The second-order valence-corrected chi connectivity index (χ2v) is 6.46. The van der Waals surface area contributed by atoms with E-state index in [4.69, 9.17) is 0 Å². The molecule has 4 heteroatoms. The lowest BCUT2D eigenvalue weighted by Gasteiger charge is -2.31. The first kappa shape index (κ1) is 16.1. The summed E-state index contributed by atoms with van der Waals surface area (Å²) in [5.41, 5.74) is -0.147. The van der Waals surface area contributed by atoms with Crippen molar-refractivity contribution in [1.82, 2.24) is 5.32 Å². The molecule has 0 aliphatic heterocycles.